The van der Waals surface area contributed by atoms with Gasteiger partial charge in [-0.05, 0) is 13.8 Å². The van der Waals surface area contributed by atoms with Crippen molar-refractivity contribution in [2.45, 2.75) is 13.8 Å². The van der Waals surface area contributed by atoms with Crippen LogP contribution in [0, 0.1) is 0 Å². The Morgan fingerprint density at radius 2 is 2.00 bits per heavy atom. The van der Waals surface area contributed by atoms with Gasteiger partial charge in [0.2, 0.25) is 5.95 Å². The highest BCUT2D eigenvalue weighted by molar-refractivity contribution is 5.54. The first-order valence-electron chi connectivity index (χ1n) is 2.19. The van der Waals surface area contributed by atoms with Crippen LogP contribution in [0.3, 0.4) is 0 Å². The minimum absolute atomic E-state index is 0.886. The van der Waals surface area contributed by atoms with Crippen molar-refractivity contribution in [2.75, 3.05) is 0 Å². The molecule has 0 aliphatic heterocycles. The number of aliphatic imine (C=N–C) groups is 1. The lowest BCUT2D eigenvalue weighted by molar-refractivity contribution is 0.533. The summed E-state index contributed by atoms with van der Waals surface area (Å²) in [5.41, 5.74) is 0. The zero-order valence-corrected chi connectivity index (χ0v) is 4.78. The smallest absolute Gasteiger partial charge is 0.231 e. The van der Waals surface area contributed by atoms with E-state index in [2.05, 4.69) is 4.99 Å². The molecule has 3 heteroatoms. The fourth-order valence-corrected chi connectivity index (χ4v) is 0.202. The molecule has 0 aromatic rings. The molecule has 0 aromatic heterocycles. The van der Waals surface area contributed by atoms with Gasteiger partial charge in [-0.3, -0.25) is 0 Å². The van der Waals surface area contributed by atoms with E-state index in [1.165, 1.54) is 13.1 Å². The molecule has 0 N–H and O–H groups in total. The fraction of sp³-hybridized carbons (Fsp3) is 0.400. The zero-order valence-electron chi connectivity index (χ0n) is 4.78. The third-order valence-corrected chi connectivity index (χ3v) is 0.527. The second kappa shape index (κ2) is 3.29. The summed E-state index contributed by atoms with van der Waals surface area (Å²) < 4.78 is 23.5. The van der Waals surface area contributed by atoms with E-state index in [4.69, 9.17) is 0 Å². The lowest BCUT2D eigenvalue weighted by atomic mass is 10.6. The summed E-state index contributed by atoms with van der Waals surface area (Å²) >= 11 is 0. The van der Waals surface area contributed by atoms with E-state index in [1.807, 2.05) is 0 Å². The van der Waals surface area contributed by atoms with Crippen molar-refractivity contribution >= 4 is 6.21 Å². The standard InChI is InChI=1S/C5H7F2N/c1-3-8-5(7)4(2)6/h3H,1-2H3. The van der Waals surface area contributed by atoms with Gasteiger partial charge in [-0.15, -0.1) is 0 Å². The molecule has 0 saturated heterocycles. The SMILES string of the molecule is CC=NC(F)=C(C)F. The first-order chi connectivity index (χ1) is 3.68. The van der Waals surface area contributed by atoms with Gasteiger partial charge in [0, 0.05) is 6.21 Å². The molecule has 0 aromatic carbocycles. The van der Waals surface area contributed by atoms with Crippen LogP contribution in [0.15, 0.2) is 16.8 Å². The van der Waals surface area contributed by atoms with E-state index >= 15 is 0 Å². The van der Waals surface area contributed by atoms with Crippen LogP contribution in [-0.4, -0.2) is 6.21 Å². The normalized spacial score (nSPS) is 14.5. The summed E-state index contributed by atoms with van der Waals surface area (Å²) in [6, 6.07) is 0. The van der Waals surface area contributed by atoms with Gasteiger partial charge in [-0.25, -0.2) is 9.38 Å². The molecule has 0 heterocycles. The molecule has 0 saturated carbocycles. The van der Waals surface area contributed by atoms with Crippen LogP contribution >= 0.6 is 0 Å². The number of nitrogens with zero attached hydrogens (tertiary/aromatic N) is 1. The third kappa shape index (κ3) is 2.44. The molecule has 46 valence electrons. The highest BCUT2D eigenvalue weighted by Gasteiger charge is 1.92. The topological polar surface area (TPSA) is 12.4 Å². The summed E-state index contributed by atoms with van der Waals surface area (Å²) in [4.78, 5) is 3.04. The number of hydrogen-bond donors (Lipinski definition) is 0. The Labute approximate surface area is 46.7 Å². The Hall–Kier alpha value is -0.730. The first kappa shape index (κ1) is 7.27. The largest absolute Gasteiger partial charge is 0.243 e. The van der Waals surface area contributed by atoms with Crippen LogP contribution in [0.1, 0.15) is 13.8 Å². The average Bonchev–Trinajstić information content (AvgIpc) is 1.67. The third-order valence-electron chi connectivity index (χ3n) is 0.527. The van der Waals surface area contributed by atoms with Gasteiger partial charge in [0.05, 0.1) is 0 Å². The Bertz CT molecular complexity index is 122. The highest BCUT2D eigenvalue weighted by atomic mass is 19.2. The van der Waals surface area contributed by atoms with E-state index in [-0.39, 0.29) is 0 Å². The maximum Gasteiger partial charge on any atom is 0.243 e. The first-order valence-corrected chi connectivity index (χ1v) is 2.19. The lowest BCUT2D eigenvalue weighted by Crippen LogP contribution is -1.69. The summed E-state index contributed by atoms with van der Waals surface area (Å²) in [6.45, 7) is 2.53. The van der Waals surface area contributed by atoms with E-state index in [0.29, 0.717) is 0 Å². The van der Waals surface area contributed by atoms with Gasteiger partial charge < -0.3 is 0 Å². The summed E-state index contributed by atoms with van der Waals surface area (Å²) in [5, 5.41) is 0. The van der Waals surface area contributed by atoms with Crippen LogP contribution in [0.25, 0.3) is 0 Å². The molecule has 0 fully saturated rings. The van der Waals surface area contributed by atoms with Crippen molar-refractivity contribution < 1.29 is 8.78 Å². The zero-order chi connectivity index (χ0) is 6.57. The molecule has 0 bridgehead atoms. The average molecular weight is 119 g/mol. The van der Waals surface area contributed by atoms with Crippen LogP contribution in [0.4, 0.5) is 8.78 Å². The second-order valence-corrected chi connectivity index (χ2v) is 1.21. The van der Waals surface area contributed by atoms with Crippen molar-refractivity contribution in [3.63, 3.8) is 0 Å². The van der Waals surface area contributed by atoms with Crippen LogP contribution in [0.2, 0.25) is 0 Å². The van der Waals surface area contributed by atoms with Crippen molar-refractivity contribution in [1.29, 1.82) is 0 Å². The summed E-state index contributed by atoms with van der Waals surface area (Å²) in [7, 11) is 0. The number of halogens is 2. The maximum atomic E-state index is 11.8. The van der Waals surface area contributed by atoms with Crippen molar-refractivity contribution in [1.82, 2.24) is 0 Å². The van der Waals surface area contributed by atoms with Crippen LogP contribution in [0.5, 0.6) is 0 Å². The highest BCUT2D eigenvalue weighted by Crippen LogP contribution is 2.06. The number of hydrogen-bond acceptors (Lipinski definition) is 1. The van der Waals surface area contributed by atoms with Gasteiger partial charge in [-0.2, -0.15) is 4.39 Å². The molecule has 0 aliphatic carbocycles. The van der Waals surface area contributed by atoms with Crippen molar-refractivity contribution in [3.8, 4) is 0 Å². The van der Waals surface area contributed by atoms with Gasteiger partial charge in [0.15, 0.2) is 5.83 Å². The van der Waals surface area contributed by atoms with Crippen LogP contribution < -0.4 is 0 Å². The lowest BCUT2D eigenvalue weighted by Gasteiger charge is -1.82. The molecular weight excluding hydrogens is 112 g/mol. The monoisotopic (exact) mass is 119 g/mol. The second-order valence-electron chi connectivity index (χ2n) is 1.21. The number of rotatable bonds is 1. The molecule has 0 atom stereocenters. The Balaban J connectivity index is 4.00. The van der Waals surface area contributed by atoms with Crippen molar-refractivity contribution in [3.05, 3.63) is 11.8 Å². The molecule has 0 amide bonds. The number of allylic oxidation sites excluding steroid dienone is 1. The molecule has 0 unspecified atom stereocenters. The summed E-state index contributed by atoms with van der Waals surface area (Å²) in [6.07, 6.45) is 1.19. The van der Waals surface area contributed by atoms with Gasteiger partial charge in [0.1, 0.15) is 0 Å². The van der Waals surface area contributed by atoms with E-state index in [9.17, 15) is 8.78 Å². The van der Waals surface area contributed by atoms with Gasteiger partial charge in [0.25, 0.3) is 0 Å². The van der Waals surface area contributed by atoms with Crippen LogP contribution in [-0.2, 0) is 0 Å². The molecule has 0 rings (SSSR count). The minimum atomic E-state index is -1.05. The molecule has 0 radical (unpaired) electrons. The molecule has 0 aliphatic rings. The minimum Gasteiger partial charge on any atom is -0.231 e. The molecule has 1 nitrogen and oxygen atoms in total. The quantitative estimate of drug-likeness (QED) is 0.370. The Kier molecular flexibility index (Phi) is 2.99. The van der Waals surface area contributed by atoms with Gasteiger partial charge in [-0.1, -0.05) is 0 Å². The molecule has 8 heavy (non-hydrogen) atoms. The predicted octanol–water partition coefficient (Wildman–Crippen LogP) is 2.21. The van der Waals surface area contributed by atoms with E-state index in [0.717, 1.165) is 6.92 Å². The Morgan fingerprint density at radius 3 is 2.12 bits per heavy atom. The summed E-state index contributed by atoms with van der Waals surface area (Å²) in [5.74, 6) is -1.93. The fourth-order valence-electron chi connectivity index (χ4n) is 0.202. The van der Waals surface area contributed by atoms with Crippen molar-refractivity contribution in [2.24, 2.45) is 4.99 Å². The Morgan fingerprint density at radius 1 is 1.50 bits per heavy atom. The van der Waals surface area contributed by atoms with E-state index in [1.54, 1.807) is 0 Å². The van der Waals surface area contributed by atoms with Gasteiger partial charge >= 0.3 is 0 Å². The van der Waals surface area contributed by atoms with E-state index < -0.39 is 11.8 Å². The maximum absolute atomic E-state index is 11.8. The molecular formula is C5H7F2N. The predicted molar refractivity (Wildman–Crippen MR) is 29.1 cm³/mol. The molecule has 0 spiro atoms.